The Bertz CT molecular complexity index is 280. The van der Waals surface area contributed by atoms with Gasteiger partial charge >= 0.3 is 0 Å². The molecule has 1 rings (SSSR count). The van der Waals surface area contributed by atoms with Crippen molar-refractivity contribution >= 4 is 5.96 Å². The summed E-state index contributed by atoms with van der Waals surface area (Å²) in [5, 5.41) is 9.78. The van der Waals surface area contributed by atoms with Crippen LogP contribution in [-0.2, 0) is 0 Å². The van der Waals surface area contributed by atoms with E-state index in [0.29, 0.717) is 5.41 Å². The van der Waals surface area contributed by atoms with Gasteiger partial charge in [0.25, 0.3) is 0 Å². The molecule has 0 aromatic carbocycles. The minimum Gasteiger partial charge on any atom is -0.369 e. The van der Waals surface area contributed by atoms with Gasteiger partial charge in [0.05, 0.1) is 0 Å². The third-order valence-electron chi connectivity index (χ3n) is 5.32. The van der Waals surface area contributed by atoms with Gasteiger partial charge in [-0.05, 0) is 43.9 Å². The van der Waals surface area contributed by atoms with Crippen LogP contribution in [0.25, 0.3) is 0 Å². The van der Waals surface area contributed by atoms with Crippen LogP contribution in [0.4, 0.5) is 0 Å². The third kappa shape index (κ3) is 2.22. The Morgan fingerprint density at radius 3 is 2.11 bits per heavy atom. The summed E-state index contributed by atoms with van der Waals surface area (Å²) in [5.41, 5.74) is 9.12. The van der Waals surface area contributed by atoms with E-state index in [4.69, 9.17) is 11.1 Å². The summed E-state index contributed by atoms with van der Waals surface area (Å²) >= 11 is 0. The molecule has 1 aliphatic rings. The molecule has 0 amide bonds. The predicted molar refractivity (Wildman–Crippen MR) is 77.3 cm³/mol. The number of nitrogens with zero attached hydrogens (tertiary/aromatic N) is 1. The summed E-state index contributed by atoms with van der Waals surface area (Å²) < 4.78 is 0. The Morgan fingerprint density at radius 2 is 1.72 bits per heavy atom. The van der Waals surface area contributed by atoms with E-state index in [2.05, 4.69) is 38.1 Å². The van der Waals surface area contributed by atoms with Crippen LogP contribution in [0, 0.1) is 10.8 Å². The van der Waals surface area contributed by atoms with E-state index in [1.807, 2.05) is 0 Å². The number of hydrogen-bond donors (Lipinski definition) is 3. The van der Waals surface area contributed by atoms with Crippen molar-refractivity contribution in [3.05, 3.63) is 0 Å². The smallest absolute Gasteiger partial charge is 0.200 e. The SMILES string of the molecule is CCC1(CC)CCCN(NC(=N)N)C1(CC)CC. The van der Waals surface area contributed by atoms with Crippen molar-refractivity contribution in [2.75, 3.05) is 6.54 Å². The molecule has 4 N–H and O–H groups in total. The van der Waals surface area contributed by atoms with Crippen molar-refractivity contribution in [3.63, 3.8) is 0 Å². The van der Waals surface area contributed by atoms with Gasteiger partial charge in [0.15, 0.2) is 0 Å². The third-order valence-corrected chi connectivity index (χ3v) is 5.32. The molecule has 0 unspecified atom stereocenters. The van der Waals surface area contributed by atoms with Crippen molar-refractivity contribution in [1.29, 1.82) is 5.41 Å². The highest BCUT2D eigenvalue weighted by molar-refractivity contribution is 5.73. The predicted octanol–water partition coefficient (Wildman–Crippen LogP) is 2.85. The number of hydrazine groups is 1. The van der Waals surface area contributed by atoms with Gasteiger partial charge in [-0.1, -0.05) is 27.7 Å². The molecule has 0 bridgehead atoms. The lowest BCUT2D eigenvalue weighted by Gasteiger charge is -2.59. The Labute approximate surface area is 112 Å². The molecule has 0 aliphatic carbocycles. The van der Waals surface area contributed by atoms with E-state index in [9.17, 15) is 0 Å². The van der Waals surface area contributed by atoms with Crippen molar-refractivity contribution in [3.8, 4) is 0 Å². The lowest BCUT2D eigenvalue weighted by atomic mass is 9.59. The highest BCUT2D eigenvalue weighted by Gasteiger charge is 2.52. The van der Waals surface area contributed by atoms with Crippen LogP contribution < -0.4 is 11.2 Å². The topological polar surface area (TPSA) is 65.1 Å². The van der Waals surface area contributed by atoms with E-state index >= 15 is 0 Å². The van der Waals surface area contributed by atoms with E-state index in [1.165, 1.54) is 25.7 Å². The first-order valence-electron chi connectivity index (χ1n) is 7.40. The second-order valence-corrected chi connectivity index (χ2v) is 5.51. The maximum Gasteiger partial charge on any atom is 0.200 e. The summed E-state index contributed by atoms with van der Waals surface area (Å²) in [6, 6.07) is 0. The molecule has 1 aliphatic heterocycles. The Hall–Kier alpha value is -0.770. The molecular weight excluding hydrogens is 224 g/mol. The fourth-order valence-electron chi connectivity index (χ4n) is 4.26. The molecule has 0 saturated carbocycles. The van der Waals surface area contributed by atoms with Gasteiger partial charge in [0.1, 0.15) is 0 Å². The molecule has 106 valence electrons. The first-order chi connectivity index (χ1) is 8.51. The largest absolute Gasteiger partial charge is 0.369 e. The molecule has 1 saturated heterocycles. The quantitative estimate of drug-likeness (QED) is 0.522. The Morgan fingerprint density at radius 1 is 1.17 bits per heavy atom. The minimum atomic E-state index is 0.0595. The van der Waals surface area contributed by atoms with Gasteiger partial charge in [-0.15, -0.1) is 0 Å². The maximum atomic E-state index is 7.53. The van der Waals surface area contributed by atoms with E-state index in [1.54, 1.807) is 0 Å². The number of nitrogens with two attached hydrogens (primary N) is 1. The second-order valence-electron chi connectivity index (χ2n) is 5.51. The lowest BCUT2D eigenvalue weighted by Crippen LogP contribution is -2.68. The van der Waals surface area contributed by atoms with E-state index < -0.39 is 0 Å². The Kier molecular flexibility index (Phi) is 5.02. The zero-order valence-corrected chi connectivity index (χ0v) is 12.5. The van der Waals surface area contributed by atoms with Crippen molar-refractivity contribution < 1.29 is 0 Å². The van der Waals surface area contributed by atoms with Crippen LogP contribution in [0.2, 0.25) is 0 Å². The van der Waals surface area contributed by atoms with Gasteiger partial charge in [-0.25, -0.2) is 5.01 Å². The molecule has 0 radical (unpaired) electrons. The van der Waals surface area contributed by atoms with Gasteiger partial charge in [0.2, 0.25) is 5.96 Å². The molecule has 4 heteroatoms. The molecule has 0 spiro atoms. The van der Waals surface area contributed by atoms with Crippen LogP contribution >= 0.6 is 0 Å². The summed E-state index contributed by atoms with van der Waals surface area (Å²) in [4.78, 5) is 0. The van der Waals surface area contributed by atoms with Gasteiger partial charge in [-0.3, -0.25) is 10.8 Å². The molecule has 4 nitrogen and oxygen atoms in total. The lowest BCUT2D eigenvalue weighted by molar-refractivity contribution is -0.103. The highest BCUT2D eigenvalue weighted by Crippen LogP contribution is 2.51. The number of guanidine groups is 1. The molecule has 0 aromatic heterocycles. The zero-order valence-electron chi connectivity index (χ0n) is 12.5. The van der Waals surface area contributed by atoms with Crippen LogP contribution in [0.15, 0.2) is 0 Å². The minimum absolute atomic E-state index is 0.0595. The average molecular weight is 254 g/mol. The monoisotopic (exact) mass is 254 g/mol. The molecule has 0 aromatic rings. The van der Waals surface area contributed by atoms with E-state index in [0.717, 1.165) is 19.4 Å². The maximum absolute atomic E-state index is 7.53. The molecule has 1 heterocycles. The second kappa shape index (κ2) is 5.91. The van der Waals surface area contributed by atoms with Crippen LogP contribution in [0.1, 0.15) is 66.2 Å². The van der Waals surface area contributed by atoms with Crippen molar-refractivity contribution in [2.45, 2.75) is 71.8 Å². The first-order valence-corrected chi connectivity index (χ1v) is 7.40. The van der Waals surface area contributed by atoms with Crippen LogP contribution in [0.5, 0.6) is 0 Å². The van der Waals surface area contributed by atoms with Crippen molar-refractivity contribution in [1.82, 2.24) is 10.4 Å². The number of hydrogen-bond acceptors (Lipinski definition) is 2. The number of rotatable bonds is 5. The van der Waals surface area contributed by atoms with Crippen molar-refractivity contribution in [2.24, 2.45) is 11.1 Å². The summed E-state index contributed by atoms with van der Waals surface area (Å²) in [5.74, 6) is 0.0595. The summed E-state index contributed by atoms with van der Waals surface area (Å²) in [6.45, 7) is 10.1. The molecular formula is C14H30N4. The number of piperidine rings is 1. The standard InChI is InChI=1S/C14H30N4/c1-5-13(6-2)10-9-11-18(17-12(15)16)14(13,7-3)8-4/h5-11H2,1-4H3,(H4,15,16,17). The average Bonchev–Trinajstić information content (AvgIpc) is 2.37. The van der Waals surface area contributed by atoms with Crippen LogP contribution in [-0.4, -0.2) is 23.1 Å². The molecule has 0 atom stereocenters. The molecule has 1 fully saturated rings. The number of nitrogens with one attached hydrogen (secondary N) is 2. The normalized spacial score (nSPS) is 22.7. The van der Waals surface area contributed by atoms with Gasteiger partial charge in [-0.2, -0.15) is 0 Å². The van der Waals surface area contributed by atoms with Crippen LogP contribution in [0.3, 0.4) is 0 Å². The fraction of sp³-hybridized carbons (Fsp3) is 0.929. The Balaban J connectivity index is 3.15. The van der Waals surface area contributed by atoms with Gasteiger partial charge in [0, 0.05) is 12.1 Å². The fourth-order valence-corrected chi connectivity index (χ4v) is 4.26. The molecule has 18 heavy (non-hydrogen) atoms. The zero-order chi connectivity index (χ0) is 13.8. The summed E-state index contributed by atoms with van der Waals surface area (Å²) in [6.07, 6.45) is 7.07. The van der Waals surface area contributed by atoms with Gasteiger partial charge < -0.3 is 5.73 Å². The highest BCUT2D eigenvalue weighted by atomic mass is 15.6. The first kappa shape index (κ1) is 15.3. The summed E-state index contributed by atoms with van der Waals surface area (Å²) in [7, 11) is 0. The van der Waals surface area contributed by atoms with E-state index in [-0.39, 0.29) is 11.5 Å².